The first kappa shape index (κ1) is 83.4. The van der Waals surface area contributed by atoms with Crippen molar-refractivity contribution < 1.29 is 0 Å². The molecule has 0 nitrogen and oxygen atoms in total. The second-order valence-electron chi connectivity index (χ2n) is 23.4. The first-order chi connectivity index (χ1) is 48.0. The molecular formula is C98H124. The van der Waals surface area contributed by atoms with Crippen LogP contribution in [-0.4, -0.2) is 0 Å². The number of rotatable bonds is 12. The van der Waals surface area contributed by atoms with Gasteiger partial charge in [0.05, 0.1) is 0 Å². The van der Waals surface area contributed by atoms with Crippen molar-refractivity contribution in [3.8, 4) is 0 Å². The van der Waals surface area contributed by atoms with Gasteiger partial charge in [-0.3, -0.25) is 0 Å². The molecule has 0 atom stereocenters. The molecule has 13 aromatic rings. The predicted octanol–water partition coefficient (Wildman–Crippen LogP) is 29.1. The van der Waals surface area contributed by atoms with Crippen LogP contribution in [0.5, 0.6) is 0 Å². The van der Waals surface area contributed by atoms with E-state index in [0.29, 0.717) is 0 Å². The second kappa shape index (κ2) is 50.5. The van der Waals surface area contributed by atoms with Gasteiger partial charge in [0, 0.05) is 0 Å². The summed E-state index contributed by atoms with van der Waals surface area (Å²) in [6.45, 7) is 38.6. The fraction of sp³-hybridized carbons (Fsp3) is 0.306. The van der Waals surface area contributed by atoms with Gasteiger partial charge in [-0.15, -0.1) is 0 Å². The van der Waals surface area contributed by atoms with E-state index in [1.54, 1.807) is 0 Å². The molecule has 0 saturated heterocycles. The molecule has 0 aromatic heterocycles. The van der Waals surface area contributed by atoms with Gasteiger partial charge in [0.15, 0.2) is 0 Å². The van der Waals surface area contributed by atoms with Crippen molar-refractivity contribution in [1.29, 1.82) is 0 Å². The van der Waals surface area contributed by atoms with Gasteiger partial charge in [0.25, 0.3) is 0 Å². The first-order valence-corrected chi connectivity index (χ1v) is 37.7. The van der Waals surface area contributed by atoms with E-state index in [4.69, 9.17) is 0 Å². The fourth-order valence-corrected chi connectivity index (χ4v) is 11.2. The van der Waals surface area contributed by atoms with Gasteiger partial charge in [-0.25, -0.2) is 0 Å². The van der Waals surface area contributed by atoms with Gasteiger partial charge >= 0.3 is 0 Å². The van der Waals surface area contributed by atoms with E-state index >= 15 is 0 Å². The Morgan fingerprint density at radius 3 is 0.418 bits per heavy atom. The molecule has 13 aromatic carbocycles. The largest absolute Gasteiger partial charge is 0.0683 e. The molecule has 0 heteroatoms. The van der Waals surface area contributed by atoms with E-state index in [9.17, 15) is 0 Å². The summed E-state index contributed by atoms with van der Waals surface area (Å²) < 4.78 is 0. The van der Waals surface area contributed by atoms with Gasteiger partial charge in [0.1, 0.15) is 0 Å². The van der Waals surface area contributed by atoms with E-state index < -0.39 is 0 Å². The molecule has 98 heavy (non-hydrogen) atoms. The van der Waals surface area contributed by atoms with Gasteiger partial charge in [-0.2, -0.15) is 0 Å². The number of hydrogen-bond donors (Lipinski definition) is 0. The van der Waals surface area contributed by atoms with Gasteiger partial charge in [-0.05, 0) is 210 Å². The minimum atomic E-state index is 1.15. The van der Waals surface area contributed by atoms with Crippen LogP contribution in [0.25, 0.3) is 53.9 Å². The topological polar surface area (TPSA) is 0 Å². The predicted molar refractivity (Wildman–Crippen MR) is 446 cm³/mol. The van der Waals surface area contributed by atoms with Crippen LogP contribution in [-0.2, 0) is 77.0 Å². The molecule has 0 bridgehead atoms. The van der Waals surface area contributed by atoms with Crippen molar-refractivity contribution in [3.63, 3.8) is 0 Å². The summed E-state index contributed by atoms with van der Waals surface area (Å²) in [6.07, 6.45) is 13.8. The highest BCUT2D eigenvalue weighted by Crippen LogP contribution is 2.26. The molecule has 0 aliphatic heterocycles. The molecule has 0 aliphatic rings. The van der Waals surface area contributed by atoms with Crippen LogP contribution in [0.1, 0.15) is 191 Å². The minimum Gasteiger partial charge on any atom is -0.0683 e. The third-order valence-electron chi connectivity index (χ3n) is 16.9. The van der Waals surface area contributed by atoms with Crippen molar-refractivity contribution in [1.82, 2.24) is 0 Å². The van der Waals surface area contributed by atoms with E-state index in [2.05, 4.69) is 326 Å². The Hall–Kier alpha value is -8.84. The van der Waals surface area contributed by atoms with Crippen molar-refractivity contribution >= 4 is 53.9 Å². The lowest BCUT2D eigenvalue weighted by Gasteiger charge is -2.05. The Morgan fingerprint density at radius 1 is 0.133 bits per heavy atom. The Labute approximate surface area is 597 Å². The molecule has 0 heterocycles. The summed E-state index contributed by atoms with van der Waals surface area (Å²) in [5, 5.41) is 13.2. The van der Waals surface area contributed by atoms with E-state index in [1.807, 2.05) is 77.9 Å². The molecule has 0 radical (unpaired) electrons. The maximum Gasteiger partial charge on any atom is -0.0105 e. The average molecular weight is 1300 g/mol. The Bertz CT molecular complexity index is 3490. The van der Waals surface area contributed by atoms with E-state index in [-0.39, 0.29) is 0 Å². The third kappa shape index (κ3) is 29.5. The number of aryl methyl sites for hydroxylation is 12. The highest BCUT2D eigenvalue weighted by atomic mass is 14.1. The van der Waals surface area contributed by atoms with Crippen LogP contribution in [0.3, 0.4) is 0 Å². The SMILES string of the molecule is CC.CC.CC.CCc1cc(CC)cc(CC)c1.CCc1cc(CC)cc(CC)c1.CCc1cc(CC)cc(CC)c1.CCc1cc(CC)cc(CC)c1.c1ccc2c(c1)ccc1ccccc12.c1ccc2cc3ccccc3cc2c1.c1ccc2ccccc2c1.c1ccccc1. The van der Waals surface area contributed by atoms with Crippen LogP contribution < -0.4 is 0 Å². The average Bonchev–Trinajstić information content (AvgIpc) is 0.912. The van der Waals surface area contributed by atoms with Crippen molar-refractivity contribution in [2.75, 3.05) is 0 Å². The van der Waals surface area contributed by atoms with Gasteiger partial charge < -0.3 is 0 Å². The van der Waals surface area contributed by atoms with Crippen LogP contribution in [0.15, 0.2) is 279 Å². The number of benzene rings is 13. The molecule has 0 aliphatic carbocycles. The molecule has 0 unspecified atom stereocenters. The summed E-state index contributed by atoms with van der Waals surface area (Å²) in [6, 6.07) is 99.3. The normalized spacial score (nSPS) is 9.82. The van der Waals surface area contributed by atoms with Crippen LogP contribution in [0, 0.1) is 0 Å². The smallest absolute Gasteiger partial charge is 0.0105 e. The van der Waals surface area contributed by atoms with Crippen molar-refractivity contribution in [2.24, 2.45) is 0 Å². The molecule has 13 rings (SSSR count). The second-order valence-corrected chi connectivity index (χ2v) is 23.4. The zero-order valence-corrected chi connectivity index (χ0v) is 64.0. The lowest BCUT2D eigenvalue weighted by Crippen LogP contribution is -1.90. The van der Waals surface area contributed by atoms with Crippen molar-refractivity contribution in [3.05, 3.63) is 346 Å². The standard InChI is InChI=1S/2C14H10.4C12H18.C10H8.C6H6.3C2H6/c1-3-7-13-11(5-1)9-10-12-6-2-4-8-14(12)13;1-2-6-12-10-14-8-4-3-7-13(14)9-11(12)5-1;4*1-4-10-7-11(5-2)9-12(6-3)8-10;1-2-6-10-8-4-3-7-9(10)5-1;1-2-4-6-5-3-1;3*1-2/h2*1-10H;4*7-9H,4-6H2,1-3H3;1-8H;1-6H;3*1-2H3. The van der Waals surface area contributed by atoms with Crippen LogP contribution >= 0.6 is 0 Å². The van der Waals surface area contributed by atoms with Gasteiger partial charge in [-0.1, -0.05) is 392 Å². The third-order valence-corrected chi connectivity index (χ3v) is 16.9. The summed E-state index contributed by atoms with van der Waals surface area (Å²) in [4.78, 5) is 0. The highest BCUT2D eigenvalue weighted by molar-refractivity contribution is 6.07. The Kier molecular flexibility index (Phi) is 43.0. The van der Waals surface area contributed by atoms with Crippen LogP contribution in [0.2, 0.25) is 0 Å². The van der Waals surface area contributed by atoms with Crippen molar-refractivity contribution in [2.45, 2.75) is 202 Å². The maximum atomic E-state index is 2.32. The summed E-state index contributed by atoms with van der Waals surface area (Å²) >= 11 is 0. The van der Waals surface area contributed by atoms with Crippen LogP contribution in [0.4, 0.5) is 0 Å². The quantitative estimate of drug-likeness (QED) is 0.0845. The molecule has 0 saturated carbocycles. The summed E-state index contributed by atoms with van der Waals surface area (Å²) in [5.74, 6) is 0. The minimum absolute atomic E-state index is 1.15. The number of hydrogen-bond acceptors (Lipinski definition) is 0. The summed E-state index contributed by atoms with van der Waals surface area (Å²) in [5.41, 5.74) is 17.7. The number of fused-ring (bicyclic) bond motifs is 6. The monoisotopic (exact) mass is 1300 g/mol. The Balaban J connectivity index is 0.000000290. The highest BCUT2D eigenvalue weighted by Gasteiger charge is 2.02. The molecule has 0 amide bonds. The maximum absolute atomic E-state index is 2.32. The Morgan fingerprint density at radius 2 is 0.265 bits per heavy atom. The van der Waals surface area contributed by atoms with Gasteiger partial charge in [0.2, 0.25) is 0 Å². The molecule has 0 spiro atoms. The molecule has 0 N–H and O–H groups in total. The molecule has 516 valence electrons. The summed E-state index contributed by atoms with van der Waals surface area (Å²) in [7, 11) is 0. The lowest BCUT2D eigenvalue weighted by molar-refractivity contribution is 1.04. The molecule has 0 fully saturated rings. The first-order valence-electron chi connectivity index (χ1n) is 37.7. The lowest BCUT2D eigenvalue weighted by atomic mass is 10.0. The fourth-order valence-electron chi connectivity index (χ4n) is 11.2. The zero-order valence-electron chi connectivity index (χ0n) is 64.0. The van der Waals surface area contributed by atoms with E-state index in [0.717, 1.165) is 77.0 Å². The van der Waals surface area contributed by atoms with E-state index in [1.165, 1.54) is 121 Å². The zero-order chi connectivity index (χ0) is 71.7. The molecular weight excluding hydrogens is 1180 g/mol.